The van der Waals surface area contributed by atoms with E-state index in [1.807, 2.05) is 0 Å². The average molecular weight is 332 g/mol. The molecule has 4 atom stereocenters. The Bertz CT molecular complexity index is 627. The van der Waals surface area contributed by atoms with Crippen LogP contribution in [0.1, 0.15) is 6.23 Å². The lowest BCUT2D eigenvalue weighted by Crippen LogP contribution is -2.43. The summed E-state index contributed by atoms with van der Waals surface area (Å²) in [6.07, 6.45) is -3.81. The summed E-state index contributed by atoms with van der Waals surface area (Å²) in [6.45, 7) is -0.282. The molecule has 10 heteroatoms. The molecule has 1 fully saturated rings. The number of methoxy groups -OCH3 is 1. The Morgan fingerprint density at radius 2 is 2.00 bits per heavy atom. The average Bonchev–Trinajstić information content (AvgIpc) is 2.82. The summed E-state index contributed by atoms with van der Waals surface area (Å²) in [5, 5.41) is 28.8. The summed E-state index contributed by atoms with van der Waals surface area (Å²) in [4.78, 5) is 24.2. The minimum absolute atomic E-state index is 0.200. The van der Waals surface area contributed by atoms with Crippen molar-refractivity contribution >= 4 is 0 Å². The smallest absolute Gasteiger partial charge is 0.335 e. The molecule has 10 nitrogen and oxygen atoms in total. The van der Waals surface area contributed by atoms with Crippen molar-refractivity contribution in [2.75, 3.05) is 26.9 Å². The van der Waals surface area contributed by atoms with Crippen LogP contribution in [0.4, 0.5) is 0 Å². The first-order chi connectivity index (χ1) is 11.0. The fourth-order valence-electron chi connectivity index (χ4n) is 2.25. The molecule has 4 unspecified atom stereocenters. The van der Waals surface area contributed by atoms with Crippen molar-refractivity contribution < 1.29 is 29.5 Å². The van der Waals surface area contributed by atoms with Crippen LogP contribution in [0, 0.1) is 0 Å². The second-order valence-corrected chi connectivity index (χ2v) is 5.03. The third-order valence-corrected chi connectivity index (χ3v) is 3.54. The highest BCUT2D eigenvalue weighted by atomic mass is 16.6. The SMILES string of the molecule is COCCOCn1c(=O)ccn(C2OC(CO)C(O)C2O)c1=O. The van der Waals surface area contributed by atoms with Crippen molar-refractivity contribution in [2.24, 2.45) is 0 Å². The molecule has 0 aliphatic carbocycles. The van der Waals surface area contributed by atoms with Gasteiger partial charge in [-0.25, -0.2) is 9.36 Å². The first-order valence-corrected chi connectivity index (χ1v) is 7.02. The van der Waals surface area contributed by atoms with Crippen molar-refractivity contribution in [3.8, 4) is 0 Å². The number of aromatic nitrogens is 2. The van der Waals surface area contributed by atoms with Gasteiger partial charge in [-0.3, -0.25) is 9.36 Å². The van der Waals surface area contributed by atoms with Crippen LogP contribution >= 0.6 is 0 Å². The lowest BCUT2D eigenvalue weighted by Gasteiger charge is -2.18. The van der Waals surface area contributed by atoms with Gasteiger partial charge in [0.05, 0.1) is 19.8 Å². The van der Waals surface area contributed by atoms with Crippen LogP contribution in [0.3, 0.4) is 0 Å². The molecule has 0 saturated carbocycles. The first kappa shape index (κ1) is 17.8. The molecule has 1 aromatic heterocycles. The zero-order chi connectivity index (χ0) is 17.0. The maximum atomic E-state index is 12.4. The summed E-state index contributed by atoms with van der Waals surface area (Å²) in [6, 6.07) is 1.12. The Balaban J connectivity index is 2.24. The number of aliphatic hydroxyl groups is 3. The standard InChI is InChI=1S/C13H20N2O8/c1-21-4-5-22-7-15-9(17)2-3-14(13(15)20)12-11(19)10(18)8(6-16)23-12/h2-3,8,10-12,16,18-19H,4-7H2,1H3. The summed E-state index contributed by atoms with van der Waals surface area (Å²) in [7, 11) is 1.49. The second-order valence-electron chi connectivity index (χ2n) is 5.03. The van der Waals surface area contributed by atoms with E-state index in [9.17, 15) is 19.8 Å². The third-order valence-electron chi connectivity index (χ3n) is 3.54. The molecule has 1 aliphatic rings. The van der Waals surface area contributed by atoms with Gasteiger partial charge < -0.3 is 29.5 Å². The zero-order valence-electron chi connectivity index (χ0n) is 12.6. The minimum atomic E-state index is -1.41. The van der Waals surface area contributed by atoms with Crippen LogP contribution in [0.2, 0.25) is 0 Å². The Morgan fingerprint density at radius 3 is 2.61 bits per heavy atom. The van der Waals surface area contributed by atoms with Crippen LogP contribution in [0.15, 0.2) is 21.9 Å². The topological polar surface area (TPSA) is 132 Å². The molecule has 2 heterocycles. The predicted octanol–water partition coefficient (Wildman–Crippen LogP) is -2.76. The molecule has 0 amide bonds. The lowest BCUT2D eigenvalue weighted by atomic mass is 10.1. The normalized spacial score (nSPS) is 27.5. The highest BCUT2D eigenvalue weighted by Crippen LogP contribution is 2.27. The number of rotatable bonds is 7. The Kier molecular flexibility index (Phi) is 6.04. The molecule has 130 valence electrons. The molecular weight excluding hydrogens is 312 g/mol. The first-order valence-electron chi connectivity index (χ1n) is 7.02. The molecule has 1 aliphatic heterocycles. The second kappa shape index (κ2) is 7.81. The van der Waals surface area contributed by atoms with E-state index in [4.69, 9.17) is 19.3 Å². The maximum Gasteiger partial charge on any atom is 0.335 e. The van der Waals surface area contributed by atoms with Crippen molar-refractivity contribution in [2.45, 2.75) is 31.3 Å². The molecule has 2 rings (SSSR count). The van der Waals surface area contributed by atoms with E-state index in [0.717, 1.165) is 21.4 Å². The highest BCUT2D eigenvalue weighted by molar-refractivity contribution is 4.94. The van der Waals surface area contributed by atoms with Gasteiger partial charge in [-0.2, -0.15) is 0 Å². The molecule has 1 aromatic rings. The molecule has 0 radical (unpaired) electrons. The van der Waals surface area contributed by atoms with E-state index in [-0.39, 0.29) is 13.3 Å². The maximum absolute atomic E-state index is 12.4. The molecule has 0 aromatic carbocycles. The van der Waals surface area contributed by atoms with Crippen LogP contribution in [0.25, 0.3) is 0 Å². The van der Waals surface area contributed by atoms with E-state index < -0.39 is 42.4 Å². The molecule has 0 spiro atoms. The lowest BCUT2D eigenvalue weighted by molar-refractivity contribution is -0.0567. The van der Waals surface area contributed by atoms with Crippen LogP contribution < -0.4 is 11.2 Å². The van der Waals surface area contributed by atoms with Gasteiger partial charge in [0.2, 0.25) is 0 Å². The van der Waals surface area contributed by atoms with Gasteiger partial charge in [0.25, 0.3) is 5.56 Å². The van der Waals surface area contributed by atoms with E-state index in [0.29, 0.717) is 6.61 Å². The van der Waals surface area contributed by atoms with Crippen LogP contribution in [0.5, 0.6) is 0 Å². The van der Waals surface area contributed by atoms with Gasteiger partial charge in [-0.15, -0.1) is 0 Å². The zero-order valence-corrected chi connectivity index (χ0v) is 12.6. The van der Waals surface area contributed by atoms with Crippen molar-refractivity contribution in [3.63, 3.8) is 0 Å². The van der Waals surface area contributed by atoms with E-state index in [1.165, 1.54) is 7.11 Å². The van der Waals surface area contributed by atoms with E-state index in [1.54, 1.807) is 0 Å². The number of nitrogens with zero attached hydrogens (tertiary/aromatic N) is 2. The molecular formula is C13H20N2O8. The quantitative estimate of drug-likeness (QED) is 0.458. The van der Waals surface area contributed by atoms with Gasteiger partial charge >= 0.3 is 5.69 Å². The highest BCUT2D eigenvalue weighted by Gasteiger charge is 2.43. The van der Waals surface area contributed by atoms with Crippen molar-refractivity contribution in [1.29, 1.82) is 0 Å². The number of hydrogen-bond donors (Lipinski definition) is 3. The summed E-state index contributed by atoms with van der Waals surface area (Å²) in [5.74, 6) is 0. The van der Waals surface area contributed by atoms with E-state index in [2.05, 4.69) is 0 Å². The van der Waals surface area contributed by atoms with Crippen LogP contribution in [-0.2, 0) is 20.9 Å². The molecule has 3 N–H and O–H groups in total. The monoisotopic (exact) mass is 332 g/mol. The van der Waals surface area contributed by atoms with Gasteiger partial charge in [0, 0.05) is 19.4 Å². The number of ether oxygens (including phenoxy) is 3. The Morgan fingerprint density at radius 1 is 1.26 bits per heavy atom. The largest absolute Gasteiger partial charge is 0.394 e. The number of hydrogen-bond acceptors (Lipinski definition) is 8. The number of aliphatic hydroxyl groups excluding tert-OH is 3. The fraction of sp³-hybridized carbons (Fsp3) is 0.692. The Hall–Kier alpha value is -1.56. The third kappa shape index (κ3) is 3.68. The van der Waals surface area contributed by atoms with Gasteiger partial charge in [0.15, 0.2) is 6.23 Å². The summed E-state index contributed by atoms with van der Waals surface area (Å²) in [5.41, 5.74) is -1.33. The molecule has 23 heavy (non-hydrogen) atoms. The van der Waals surface area contributed by atoms with Crippen molar-refractivity contribution in [1.82, 2.24) is 9.13 Å². The van der Waals surface area contributed by atoms with Gasteiger partial charge in [-0.05, 0) is 0 Å². The molecule has 1 saturated heterocycles. The molecule has 0 bridgehead atoms. The predicted molar refractivity (Wildman–Crippen MR) is 75.8 cm³/mol. The minimum Gasteiger partial charge on any atom is -0.394 e. The fourth-order valence-corrected chi connectivity index (χ4v) is 2.25. The van der Waals surface area contributed by atoms with Crippen molar-refractivity contribution in [3.05, 3.63) is 33.1 Å². The van der Waals surface area contributed by atoms with E-state index >= 15 is 0 Å². The Labute approximate surface area is 131 Å². The summed E-state index contributed by atoms with van der Waals surface area (Å²) < 4.78 is 17.0. The summed E-state index contributed by atoms with van der Waals surface area (Å²) >= 11 is 0. The van der Waals surface area contributed by atoms with Crippen LogP contribution in [-0.4, -0.2) is 69.7 Å². The van der Waals surface area contributed by atoms with Gasteiger partial charge in [-0.1, -0.05) is 0 Å². The van der Waals surface area contributed by atoms with Gasteiger partial charge in [0.1, 0.15) is 25.0 Å².